The molecule has 1 aromatic carbocycles. The van der Waals surface area contributed by atoms with E-state index in [2.05, 4.69) is 20.8 Å². The van der Waals surface area contributed by atoms with Crippen LogP contribution in [0.2, 0.25) is 0 Å². The monoisotopic (exact) mass is 340 g/mol. The third-order valence-corrected chi connectivity index (χ3v) is 4.52. The van der Waals surface area contributed by atoms with Crippen LogP contribution in [0.5, 0.6) is 5.75 Å². The molecule has 0 unspecified atom stereocenters. The molecule has 6 nitrogen and oxygen atoms in total. The van der Waals surface area contributed by atoms with Crippen LogP contribution in [0.15, 0.2) is 36.4 Å². The van der Waals surface area contributed by atoms with Gasteiger partial charge in [-0.2, -0.15) is 0 Å². The SMILES string of the molecule is COc1ccc(CNc2ccc(NC(=O)C3CCCCC3)nn2)cc1. The van der Waals surface area contributed by atoms with Crippen LogP contribution in [-0.4, -0.2) is 23.2 Å². The summed E-state index contributed by atoms with van der Waals surface area (Å²) in [7, 11) is 1.65. The largest absolute Gasteiger partial charge is 0.497 e. The second-order valence-electron chi connectivity index (χ2n) is 6.33. The molecule has 0 aliphatic heterocycles. The summed E-state index contributed by atoms with van der Waals surface area (Å²) >= 11 is 0. The Bertz CT molecular complexity index is 680. The number of methoxy groups -OCH3 is 1. The first-order valence-corrected chi connectivity index (χ1v) is 8.76. The number of anilines is 2. The number of hydrogen-bond acceptors (Lipinski definition) is 5. The van der Waals surface area contributed by atoms with E-state index in [1.165, 1.54) is 6.42 Å². The van der Waals surface area contributed by atoms with Gasteiger partial charge in [0, 0.05) is 12.5 Å². The highest BCUT2D eigenvalue weighted by atomic mass is 16.5. The molecule has 0 bridgehead atoms. The van der Waals surface area contributed by atoms with Crippen molar-refractivity contribution in [3.05, 3.63) is 42.0 Å². The molecular weight excluding hydrogens is 316 g/mol. The molecule has 1 fully saturated rings. The lowest BCUT2D eigenvalue weighted by Gasteiger charge is -2.20. The van der Waals surface area contributed by atoms with E-state index < -0.39 is 0 Å². The van der Waals surface area contributed by atoms with Gasteiger partial charge in [0.15, 0.2) is 5.82 Å². The summed E-state index contributed by atoms with van der Waals surface area (Å²) in [5.41, 5.74) is 1.12. The van der Waals surface area contributed by atoms with Gasteiger partial charge in [-0.05, 0) is 42.7 Å². The van der Waals surface area contributed by atoms with Crippen LogP contribution in [-0.2, 0) is 11.3 Å². The van der Waals surface area contributed by atoms with Gasteiger partial charge in [-0.3, -0.25) is 4.79 Å². The van der Waals surface area contributed by atoms with E-state index >= 15 is 0 Å². The minimum Gasteiger partial charge on any atom is -0.497 e. The molecule has 1 aliphatic carbocycles. The van der Waals surface area contributed by atoms with Crippen LogP contribution in [0.25, 0.3) is 0 Å². The van der Waals surface area contributed by atoms with Crippen molar-refractivity contribution in [3.8, 4) is 5.75 Å². The van der Waals surface area contributed by atoms with Gasteiger partial charge < -0.3 is 15.4 Å². The standard InChI is InChI=1S/C19H24N4O2/c1-25-16-9-7-14(8-10-16)13-20-17-11-12-18(23-22-17)21-19(24)15-5-3-2-4-6-15/h7-12,15H,2-6,13H2,1H3,(H,20,22)(H,21,23,24). The fraction of sp³-hybridized carbons (Fsp3) is 0.421. The van der Waals surface area contributed by atoms with Gasteiger partial charge in [-0.15, -0.1) is 10.2 Å². The Morgan fingerprint density at radius 1 is 1.04 bits per heavy atom. The number of nitrogens with one attached hydrogen (secondary N) is 2. The third-order valence-electron chi connectivity index (χ3n) is 4.52. The van der Waals surface area contributed by atoms with Crippen molar-refractivity contribution in [2.24, 2.45) is 5.92 Å². The zero-order valence-corrected chi connectivity index (χ0v) is 14.5. The summed E-state index contributed by atoms with van der Waals surface area (Å²) in [5.74, 6) is 2.19. The molecule has 0 radical (unpaired) electrons. The van der Waals surface area contributed by atoms with Gasteiger partial charge in [-0.1, -0.05) is 31.4 Å². The number of carbonyl (C=O) groups is 1. The van der Waals surface area contributed by atoms with E-state index in [9.17, 15) is 4.79 Å². The molecule has 132 valence electrons. The minimum atomic E-state index is 0.0629. The molecular formula is C19H24N4O2. The van der Waals surface area contributed by atoms with Gasteiger partial charge in [0.1, 0.15) is 11.6 Å². The molecule has 25 heavy (non-hydrogen) atoms. The van der Waals surface area contributed by atoms with Gasteiger partial charge in [-0.25, -0.2) is 0 Å². The number of carbonyl (C=O) groups excluding carboxylic acids is 1. The summed E-state index contributed by atoms with van der Waals surface area (Å²) in [6, 6.07) is 11.5. The second-order valence-corrected chi connectivity index (χ2v) is 6.33. The Morgan fingerprint density at radius 2 is 1.72 bits per heavy atom. The minimum absolute atomic E-state index is 0.0629. The number of aromatic nitrogens is 2. The van der Waals surface area contributed by atoms with Crippen molar-refractivity contribution >= 4 is 17.5 Å². The summed E-state index contributed by atoms with van der Waals surface area (Å²) in [6.07, 6.45) is 5.45. The second kappa shape index (κ2) is 8.46. The molecule has 2 aromatic rings. The maximum Gasteiger partial charge on any atom is 0.228 e. The summed E-state index contributed by atoms with van der Waals surface area (Å²) in [5, 5.41) is 14.3. The highest BCUT2D eigenvalue weighted by Crippen LogP contribution is 2.24. The van der Waals surface area contributed by atoms with E-state index in [0.717, 1.165) is 37.0 Å². The fourth-order valence-corrected chi connectivity index (χ4v) is 3.02. The molecule has 0 spiro atoms. The lowest BCUT2D eigenvalue weighted by atomic mass is 9.89. The van der Waals surface area contributed by atoms with Crippen LogP contribution in [0, 0.1) is 5.92 Å². The van der Waals surface area contributed by atoms with E-state index in [-0.39, 0.29) is 11.8 Å². The lowest BCUT2D eigenvalue weighted by Crippen LogP contribution is -2.25. The number of benzene rings is 1. The molecule has 2 N–H and O–H groups in total. The first-order valence-electron chi connectivity index (χ1n) is 8.76. The molecule has 1 aliphatic rings. The fourth-order valence-electron chi connectivity index (χ4n) is 3.02. The first-order chi connectivity index (χ1) is 12.2. The van der Waals surface area contributed by atoms with Crippen molar-refractivity contribution in [2.45, 2.75) is 38.6 Å². The van der Waals surface area contributed by atoms with Crippen LogP contribution in [0.1, 0.15) is 37.7 Å². The highest BCUT2D eigenvalue weighted by Gasteiger charge is 2.21. The third kappa shape index (κ3) is 4.92. The maximum atomic E-state index is 12.2. The lowest BCUT2D eigenvalue weighted by molar-refractivity contribution is -0.120. The molecule has 1 amide bonds. The zero-order valence-electron chi connectivity index (χ0n) is 14.5. The topological polar surface area (TPSA) is 76.1 Å². The van der Waals surface area contributed by atoms with Gasteiger partial charge in [0.05, 0.1) is 7.11 Å². The zero-order chi connectivity index (χ0) is 17.5. The van der Waals surface area contributed by atoms with Crippen molar-refractivity contribution in [1.82, 2.24) is 10.2 Å². The smallest absolute Gasteiger partial charge is 0.228 e. The number of amides is 1. The van der Waals surface area contributed by atoms with Gasteiger partial charge in [0.2, 0.25) is 5.91 Å². The summed E-state index contributed by atoms with van der Waals surface area (Å²) in [4.78, 5) is 12.2. The highest BCUT2D eigenvalue weighted by molar-refractivity contribution is 5.91. The van der Waals surface area contributed by atoms with Crippen molar-refractivity contribution < 1.29 is 9.53 Å². The number of rotatable bonds is 6. The summed E-state index contributed by atoms with van der Waals surface area (Å²) in [6.45, 7) is 0.645. The van der Waals surface area contributed by atoms with Crippen LogP contribution in [0.3, 0.4) is 0 Å². The van der Waals surface area contributed by atoms with Crippen molar-refractivity contribution in [2.75, 3.05) is 17.7 Å². The van der Waals surface area contributed by atoms with Crippen molar-refractivity contribution in [1.29, 1.82) is 0 Å². The normalized spacial score (nSPS) is 14.8. The molecule has 1 aromatic heterocycles. The maximum absolute atomic E-state index is 12.2. The Morgan fingerprint density at radius 3 is 2.36 bits per heavy atom. The average Bonchev–Trinajstić information content (AvgIpc) is 2.68. The Kier molecular flexibility index (Phi) is 5.82. The van der Waals surface area contributed by atoms with E-state index in [4.69, 9.17) is 4.74 Å². The molecule has 6 heteroatoms. The van der Waals surface area contributed by atoms with Crippen LogP contribution >= 0.6 is 0 Å². The predicted molar refractivity (Wildman–Crippen MR) is 97.6 cm³/mol. The summed E-state index contributed by atoms with van der Waals surface area (Å²) < 4.78 is 5.14. The average molecular weight is 340 g/mol. The Labute approximate surface area is 148 Å². The Balaban J connectivity index is 1.50. The number of hydrogen-bond donors (Lipinski definition) is 2. The van der Waals surface area contributed by atoms with Crippen LogP contribution < -0.4 is 15.4 Å². The van der Waals surface area contributed by atoms with Gasteiger partial charge in [0.25, 0.3) is 0 Å². The molecule has 0 atom stereocenters. The number of nitrogens with zero attached hydrogens (tertiary/aromatic N) is 2. The van der Waals surface area contributed by atoms with Gasteiger partial charge >= 0.3 is 0 Å². The quantitative estimate of drug-likeness (QED) is 0.840. The van der Waals surface area contributed by atoms with E-state index in [0.29, 0.717) is 18.2 Å². The van der Waals surface area contributed by atoms with Crippen molar-refractivity contribution in [3.63, 3.8) is 0 Å². The molecule has 0 saturated heterocycles. The Hall–Kier alpha value is -2.63. The molecule has 3 rings (SSSR count). The number of ether oxygens (including phenoxy) is 1. The van der Waals surface area contributed by atoms with E-state index in [1.807, 2.05) is 30.3 Å². The van der Waals surface area contributed by atoms with Crippen LogP contribution in [0.4, 0.5) is 11.6 Å². The first kappa shape index (κ1) is 17.2. The van der Waals surface area contributed by atoms with E-state index in [1.54, 1.807) is 13.2 Å². The molecule has 1 heterocycles. The predicted octanol–water partition coefficient (Wildman–Crippen LogP) is 3.62. The molecule has 1 saturated carbocycles.